The van der Waals surface area contributed by atoms with E-state index in [4.69, 9.17) is 4.98 Å². The zero-order valence-corrected chi connectivity index (χ0v) is 23.0. The van der Waals surface area contributed by atoms with E-state index in [1.807, 2.05) is 12.1 Å². The largest absolute Gasteiger partial charge is 0.478 e. The first kappa shape index (κ1) is 25.6. The topological polar surface area (TPSA) is 134 Å². The molecular weight excluding hydrogens is 534 g/mol. The van der Waals surface area contributed by atoms with E-state index < -0.39 is 11.5 Å². The molecule has 1 fully saturated rings. The number of hydrogen-bond acceptors (Lipinski definition) is 9. The van der Waals surface area contributed by atoms with Crippen LogP contribution in [-0.4, -0.2) is 78.3 Å². The van der Waals surface area contributed by atoms with Gasteiger partial charge in [0, 0.05) is 55.3 Å². The molecule has 0 spiro atoms. The SMILES string of the molecule is Cc1cc(Nc2ncc3c(=O)n4c(nc3n2)c2cc(C(=O)O)ccc2n4-c2ccccn2)ccc1N1CCN(C)CC1. The van der Waals surface area contributed by atoms with Gasteiger partial charge in [-0.05, 0) is 68.1 Å². The number of likely N-dealkylation sites (N-methyl/N-ethyl adjacent to an activating group) is 1. The van der Waals surface area contributed by atoms with Crippen LogP contribution in [0.2, 0.25) is 0 Å². The van der Waals surface area contributed by atoms with Crippen LogP contribution in [0.3, 0.4) is 0 Å². The summed E-state index contributed by atoms with van der Waals surface area (Å²) in [5, 5.41) is 13.6. The number of hydrogen-bond donors (Lipinski definition) is 2. The predicted octanol–water partition coefficient (Wildman–Crippen LogP) is 3.48. The van der Waals surface area contributed by atoms with Gasteiger partial charge in [-0.15, -0.1) is 0 Å². The van der Waals surface area contributed by atoms with Gasteiger partial charge in [-0.3, -0.25) is 4.79 Å². The van der Waals surface area contributed by atoms with E-state index >= 15 is 0 Å². The van der Waals surface area contributed by atoms with E-state index in [1.54, 1.807) is 29.1 Å². The Balaban J connectivity index is 1.32. The predicted molar refractivity (Wildman–Crippen MR) is 160 cm³/mol. The highest BCUT2D eigenvalue weighted by atomic mass is 16.4. The van der Waals surface area contributed by atoms with Gasteiger partial charge in [-0.25, -0.2) is 24.4 Å². The second-order valence-corrected chi connectivity index (χ2v) is 10.4. The maximum absolute atomic E-state index is 13.8. The molecule has 0 atom stereocenters. The molecule has 5 heterocycles. The number of anilines is 3. The summed E-state index contributed by atoms with van der Waals surface area (Å²) >= 11 is 0. The molecule has 0 radical (unpaired) electrons. The van der Waals surface area contributed by atoms with Crippen molar-refractivity contribution >= 4 is 50.9 Å². The number of fused-ring (bicyclic) bond motifs is 4. The first-order valence-electron chi connectivity index (χ1n) is 13.6. The lowest BCUT2D eigenvalue weighted by atomic mass is 10.1. The lowest BCUT2D eigenvalue weighted by molar-refractivity contribution is 0.0697. The molecule has 0 aliphatic carbocycles. The highest BCUT2D eigenvalue weighted by molar-refractivity contribution is 6.00. The van der Waals surface area contributed by atoms with Gasteiger partial charge in [0.1, 0.15) is 5.39 Å². The minimum Gasteiger partial charge on any atom is -0.478 e. The fourth-order valence-corrected chi connectivity index (χ4v) is 5.50. The Morgan fingerprint density at radius 3 is 2.52 bits per heavy atom. The van der Waals surface area contributed by atoms with Crippen molar-refractivity contribution < 1.29 is 9.90 Å². The van der Waals surface area contributed by atoms with E-state index in [0.29, 0.717) is 22.7 Å². The third kappa shape index (κ3) is 4.29. The molecule has 6 aromatic rings. The van der Waals surface area contributed by atoms with E-state index in [-0.39, 0.29) is 22.2 Å². The van der Waals surface area contributed by atoms with Crippen molar-refractivity contribution in [1.82, 2.24) is 34.0 Å². The van der Waals surface area contributed by atoms with Crippen LogP contribution in [0.25, 0.3) is 33.4 Å². The molecule has 12 heteroatoms. The molecule has 0 amide bonds. The molecule has 1 aliphatic rings. The number of carboxylic acid groups (broad SMARTS) is 1. The van der Waals surface area contributed by atoms with Crippen molar-refractivity contribution in [3.63, 3.8) is 0 Å². The molecule has 0 saturated carbocycles. The van der Waals surface area contributed by atoms with Crippen LogP contribution in [0.15, 0.2) is 71.8 Å². The van der Waals surface area contributed by atoms with Crippen LogP contribution in [0.5, 0.6) is 0 Å². The molecule has 210 valence electrons. The minimum atomic E-state index is -1.08. The smallest absolute Gasteiger partial charge is 0.335 e. The van der Waals surface area contributed by atoms with Crippen LogP contribution >= 0.6 is 0 Å². The van der Waals surface area contributed by atoms with E-state index in [0.717, 1.165) is 37.4 Å². The second kappa shape index (κ2) is 9.93. The number of carbonyl (C=O) groups is 1. The Bertz CT molecular complexity index is 2060. The molecule has 0 bridgehead atoms. The quantitative estimate of drug-likeness (QED) is 0.322. The molecule has 1 saturated heterocycles. The summed E-state index contributed by atoms with van der Waals surface area (Å²) in [7, 11) is 2.14. The zero-order valence-electron chi connectivity index (χ0n) is 23.0. The first-order chi connectivity index (χ1) is 20.4. The van der Waals surface area contributed by atoms with Crippen LogP contribution in [0.4, 0.5) is 17.3 Å². The van der Waals surface area contributed by atoms with Gasteiger partial charge >= 0.3 is 5.97 Å². The number of nitrogens with zero attached hydrogens (tertiary/aromatic N) is 8. The Morgan fingerprint density at radius 1 is 0.952 bits per heavy atom. The Morgan fingerprint density at radius 2 is 1.79 bits per heavy atom. The maximum atomic E-state index is 13.8. The maximum Gasteiger partial charge on any atom is 0.335 e. The third-order valence-corrected chi connectivity index (χ3v) is 7.68. The lowest BCUT2D eigenvalue weighted by Gasteiger charge is -2.35. The summed E-state index contributed by atoms with van der Waals surface area (Å²) in [6, 6.07) is 16.2. The first-order valence-corrected chi connectivity index (χ1v) is 13.6. The summed E-state index contributed by atoms with van der Waals surface area (Å²) < 4.78 is 3.01. The Labute approximate surface area is 239 Å². The van der Waals surface area contributed by atoms with Crippen LogP contribution in [0.1, 0.15) is 15.9 Å². The molecule has 4 aromatic heterocycles. The van der Waals surface area contributed by atoms with E-state index in [9.17, 15) is 14.7 Å². The molecular formula is C30H27N9O3. The van der Waals surface area contributed by atoms with Gasteiger partial charge in [0.15, 0.2) is 17.1 Å². The molecule has 7 rings (SSSR count). The van der Waals surface area contributed by atoms with Gasteiger partial charge < -0.3 is 20.2 Å². The second-order valence-electron chi connectivity index (χ2n) is 10.4. The Hall–Kier alpha value is -5.36. The molecule has 1 aliphatic heterocycles. The monoisotopic (exact) mass is 561 g/mol. The standard InChI is InChI=1S/C30H27N9O3/c1-18-15-20(7-9-23(18)37-13-11-36(2)12-14-37)33-30-32-17-22-26(35-30)34-27-21-16-19(29(41)42)6-8-24(21)38(39(27)28(22)40)25-5-3-4-10-31-25/h3-10,15-17H,11-14H2,1-2H3,(H,41,42)(H,32,33,35). The Kier molecular flexibility index (Phi) is 6.05. The van der Waals surface area contributed by atoms with Gasteiger partial charge in [-0.1, -0.05) is 6.07 Å². The zero-order chi connectivity index (χ0) is 29.0. The molecule has 42 heavy (non-hydrogen) atoms. The van der Waals surface area contributed by atoms with Crippen molar-refractivity contribution in [2.75, 3.05) is 43.4 Å². The number of aryl methyl sites for hydroxylation is 1. The lowest BCUT2D eigenvalue weighted by Crippen LogP contribution is -2.44. The summed E-state index contributed by atoms with van der Waals surface area (Å²) in [4.78, 5) is 48.5. The molecule has 2 aromatic carbocycles. The minimum absolute atomic E-state index is 0.0814. The van der Waals surface area contributed by atoms with Crippen LogP contribution < -0.4 is 15.8 Å². The highest BCUT2D eigenvalue weighted by Gasteiger charge is 2.21. The van der Waals surface area contributed by atoms with Crippen molar-refractivity contribution in [2.24, 2.45) is 0 Å². The van der Waals surface area contributed by atoms with Crippen molar-refractivity contribution in [3.8, 4) is 5.82 Å². The van der Waals surface area contributed by atoms with Gasteiger partial charge in [0.25, 0.3) is 5.56 Å². The van der Waals surface area contributed by atoms with Crippen LogP contribution in [0, 0.1) is 6.92 Å². The number of pyridine rings is 1. The number of aromatic carboxylic acids is 1. The third-order valence-electron chi connectivity index (χ3n) is 7.68. The number of piperazine rings is 1. The highest BCUT2D eigenvalue weighted by Crippen LogP contribution is 2.28. The number of aromatic nitrogens is 6. The average molecular weight is 562 g/mol. The number of nitrogens with one attached hydrogen (secondary N) is 1. The van der Waals surface area contributed by atoms with Gasteiger partial charge in [-0.2, -0.15) is 9.50 Å². The fraction of sp³-hybridized carbons (Fsp3) is 0.200. The average Bonchev–Trinajstić information content (AvgIpc) is 3.32. The summed E-state index contributed by atoms with van der Waals surface area (Å²) in [6.45, 7) is 6.12. The summed E-state index contributed by atoms with van der Waals surface area (Å²) in [5.41, 5.74) is 3.90. The number of benzene rings is 2. The van der Waals surface area contributed by atoms with Gasteiger partial charge in [0.05, 0.1) is 11.1 Å². The molecule has 0 unspecified atom stereocenters. The normalized spacial score (nSPS) is 14.2. The summed E-state index contributed by atoms with van der Waals surface area (Å²) in [6.07, 6.45) is 3.08. The van der Waals surface area contributed by atoms with Crippen molar-refractivity contribution in [3.05, 3.63) is 88.5 Å². The molecule has 2 N–H and O–H groups in total. The van der Waals surface area contributed by atoms with Gasteiger partial charge in [0.2, 0.25) is 5.95 Å². The molecule has 12 nitrogen and oxygen atoms in total. The van der Waals surface area contributed by atoms with Crippen molar-refractivity contribution in [2.45, 2.75) is 6.92 Å². The van der Waals surface area contributed by atoms with E-state index in [1.165, 1.54) is 28.5 Å². The number of carboxylic acids is 1. The fourth-order valence-electron chi connectivity index (χ4n) is 5.50. The van der Waals surface area contributed by atoms with Crippen LogP contribution in [-0.2, 0) is 0 Å². The van der Waals surface area contributed by atoms with Crippen molar-refractivity contribution in [1.29, 1.82) is 0 Å². The van der Waals surface area contributed by atoms with E-state index in [2.05, 4.69) is 56.2 Å². The number of rotatable bonds is 5. The summed E-state index contributed by atoms with van der Waals surface area (Å²) in [5.74, 6) is -0.296.